The molecule has 0 aliphatic rings. The monoisotopic (exact) mass is 226 g/mol. The number of aliphatic carboxylic acids is 1. The highest BCUT2D eigenvalue weighted by Crippen LogP contribution is 2.28. The van der Waals surface area contributed by atoms with E-state index in [4.69, 9.17) is 9.84 Å². The minimum absolute atomic E-state index is 0.310. The average Bonchev–Trinajstić information content (AvgIpc) is 2.14. The Kier molecular flexibility index (Phi) is 3.52. The molecule has 1 aromatic carbocycles. The lowest BCUT2D eigenvalue weighted by atomic mass is 9.86. The van der Waals surface area contributed by atoms with Crippen molar-refractivity contribution in [1.82, 2.24) is 0 Å². The summed E-state index contributed by atoms with van der Waals surface area (Å²) in [6, 6.07) is 4.25. The first kappa shape index (κ1) is 12.5. The van der Waals surface area contributed by atoms with Gasteiger partial charge in [0.2, 0.25) is 0 Å². The molecule has 1 rings (SSSR count). The van der Waals surface area contributed by atoms with E-state index >= 15 is 0 Å². The first-order valence-electron chi connectivity index (χ1n) is 4.95. The summed E-state index contributed by atoms with van der Waals surface area (Å²) < 4.78 is 18.5. The van der Waals surface area contributed by atoms with E-state index in [0.29, 0.717) is 11.3 Å². The predicted molar refractivity (Wildman–Crippen MR) is 58.2 cm³/mol. The van der Waals surface area contributed by atoms with Crippen molar-refractivity contribution in [3.05, 3.63) is 29.6 Å². The lowest BCUT2D eigenvalue weighted by Gasteiger charge is -2.20. The number of carboxylic acids is 1. The van der Waals surface area contributed by atoms with Crippen molar-refractivity contribution in [3.63, 3.8) is 0 Å². The zero-order chi connectivity index (χ0) is 12.3. The summed E-state index contributed by atoms with van der Waals surface area (Å²) >= 11 is 0. The highest BCUT2D eigenvalue weighted by atomic mass is 19.1. The lowest BCUT2D eigenvalue weighted by Crippen LogP contribution is -2.15. The van der Waals surface area contributed by atoms with E-state index in [1.54, 1.807) is 0 Å². The Morgan fingerprint density at radius 1 is 1.44 bits per heavy atom. The number of carboxylic acid groups (broad SMARTS) is 1. The molecule has 0 atom stereocenters. The number of hydrogen-bond acceptors (Lipinski definition) is 2. The Morgan fingerprint density at radius 2 is 2.06 bits per heavy atom. The summed E-state index contributed by atoms with van der Waals surface area (Å²) in [5, 5.41) is 8.46. The van der Waals surface area contributed by atoms with Crippen molar-refractivity contribution in [2.24, 2.45) is 0 Å². The fourth-order valence-corrected chi connectivity index (χ4v) is 1.31. The molecule has 0 unspecified atom stereocenters. The van der Waals surface area contributed by atoms with Crippen LogP contribution in [0.15, 0.2) is 18.2 Å². The van der Waals surface area contributed by atoms with E-state index in [0.717, 1.165) is 0 Å². The molecule has 1 N–H and O–H groups in total. The molecular formula is C12H15FO3. The molecule has 16 heavy (non-hydrogen) atoms. The largest absolute Gasteiger partial charge is 0.482 e. The van der Waals surface area contributed by atoms with Crippen LogP contribution in [-0.4, -0.2) is 17.7 Å². The van der Waals surface area contributed by atoms with E-state index in [-0.39, 0.29) is 11.2 Å². The Hall–Kier alpha value is -1.58. The van der Waals surface area contributed by atoms with Crippen LogP contribution < -0.4 is 4.74 Å². The van der Waals surface area contributed by atoms with E-state index in [2.05, 4.69) is 0 Å². The van der Waals surface area contributed by atoms with Gasteiger partial charge >= 0.3 is 5.97 Å². The first-order chi connectivity index (χ1) is 7.30. The maximum Gasteiger partial charge on any atom is 0.341 e. The maximum atomic E-state index is 13.5. The highest BCUT2D eigenvalue weighted by molar-refractivity contribution is 5.68. The highest BCUT2D eigenvalue weighted by Gasteiger charge is 2.19. The van der Waals surface area contributed by atoms with Crippen LogP contribution >= 0.6 is 0 Å². The minimum Gasteiger partial charge on any atom is -0.482 e. The van der Waals surface area contributed by atoms with Gasteiger partial charge in [0.1, 0.15) is 11.6 Å². The summed E-state index contributed by atoms with van der Waals surface area (Å²) in [5.74, 6) is -0.995. The molecule has 0 saturated carbocycles. The smallest absolute Gasteiger partial charge is 0.341 e. The molecule has 3 nitrogen and oxygen atoms in total. The van der Waals surface area contributed by atoms with E-state index in [9.17, 15) is 9.18 Å². The molecule has 1 aromatic rings. The van der Waals surface area contributed by atoms with Gasteiger partial charge < -0.3 is 9.84 Å². The molecule has 0 saturated heterocycles. The second-order valence-corrected chi connectivity index (χ2v) is 4.57. The summed E-state index contributed by atoms with van der Waals surface area (Å²) in [6.45, 7) is 5.22. The average molecular weight is 226 g/mol. The molecule has 88 valence electrons. The molecule has 0 fully saturated rings. The SMILES string of the molecule is CC(C)(C)c1cc(OCC(=O)O)ccc1F. The van der Waals surface area contributed by atoms with Crippen LogP contribution in [0.3, 0.4) is 0 Å². The molecule has 0 aliphatic heterocycles. The van der Waals surface area contributed by atoms with Gasteiger partial charge in [-0.25, -0.2) is 9.18 Å². The van der Waals surface area contributed by atoms with E-state index in [1.807, 2.05) is 20.8 Å². The van der Waals surface area contributed by atoms with Crippen molar-refractivity contribution in [1.29, 1.82) is 0 Å². The number of benzene rings is 1. The van der Waals surface area contributed by atoms with Crippen molar-refractivity contribution >= 4 is 5.97 Å². The molecule has 0 radical (unpaired) electrons. The van der Waals surface area contributed by atoms with Crippen molar-refractivity contribution in [3.8, 4) is 5.75 Å². The fraction of sp³-hybridized carbons (Fsp3) is 0.417. The Morgan fingerprint density at radius 3 is 2.56 bits per heavy atom. The molecule has 0 bridgehead atoms. The van der Waals surface area contributed by atoms with Crippen LogP contribution in [0.25, 0.3) is 0 Å². The molecule has 4 heteroatoms. The van der Waals surface area contributed by atoms with Gasteiger partial charge in [0, 0.05) is 0 Å². The van der Waals surface area contributed by atoms with Gasteiger partial charge in [0.15, 0.2) is 6.61 Å². The summed E-state index contributed by atoms with van der Waals surface area (Å²) in [5.41, 5.74) is 0.169. The quantitative estimate of drug-likeness (QED) is 0.861. The normalized spacial score (nSPS) is 11.2. The number of halogens is 1. The van der Waals surface area contributed by atoms with Gasteiger partial charge in [-0.1, -0.05) is 20.8 Å². The van der Waals surface area contributed by atoms with Crippen LogP contribution in [0.4, 0.5) is 4.39 Å². The lowest BCUT2D eigenvalue weighted by molar-refractivity contribution is -0.139. The third-order valence-corrected chi connectivity index (χ3v) is 2.11. The van der Waals surface area contributed by atoms with Gasteiger partial charge in [0.25, 0.3) is 0 Å². The molecular weight excluding hydrogens is 211 g/mol. The third-order valence-electron chi connectivity index (χ3n) is 2.11. The van der Waals surface area contributed by atoms with Gasteiger partial charge in [-0.3, -0.25) is 0 Å². The molecule has 0 aromatic heterocycles. The summed E-state index contributed by atoms with van der Waals surface area (Å²) in [4.78, 5) is 10.3. The van der Waals surface area contributed by atoms with Crippen molar-refractivity contribution < 1.29 is 19.0 Å². The van der Waals surface area contributed by atoms with Crippen LogP contribution in [0.5, 0.6) is 5.75 Å². The topological polar surface area (TPSA) is 46.5 Å². The zero-order valence-electron chi connectivity index (χ0n) is 9.58. The van der Waals surface area contributed by atoms with Crippen LogP contribution in [-0.2, 0) is 10.2 Å². The second-order valence-electron chi connectivity index (χ2n) is 4.57. The summed E-state index contributed by atoms with van der Waals surface area (Å²) in [6.07, 6.45) is 0. The number of ether oxygens (including phenoxy) is 1. The van der Waals surface area contributed by atoms with Gasteiger partial charge in [0.05, 0.1) is 0 Å². The standard InChI is InChI=1S/C12H15FO3/c1-12(2,3)9-6-8(4-5-10(9)13)16-7-11(14)15/h4-6H,7H2,1-3H3,(H,14,15). The minimum atomic E-state index is -1.05. The Balaban J connectivity index is 2.94. The van der Waals surface area contributed by atoms with E-state index in [1.165, 1.54) is 18.2 Å². The van der Waals surface area contributed by atoms with Gasteiger partial charge in [-0.05, 0) is 29.2 Å². The van der Waals surface area contributed by atoms with Crippen LogP contribution in [0.1, 0.15) is 26.3 Å². The first-order valence-corrected chi connectivity index (χ1v) is 4.95. The Bertz CT molecular complexity index is 394. The van der Waals surface area contributed by atoms with Gasteiger partial charge in [-0.15, -0.1) is 0 Å². The molecule has 0 amide bonds. The number of rotatable bonds is 3. The number of carbonyl (C=O) groups is 1. The van der Waals surface area contributed by atoms with Crippen LogP contribution in [0.2, 0.25) is 0 Å². The maximum absolute atomic E-state index is 13.5. The zero-order valence-corrected chi connectivity index (χ0v) is 9.58. The number of hydrogen-bond donors (Lipinski definition) is 1. The fourth-order valence-electron chi connectivity index (χ4n) is 1.31. The van der Waals surface area contributed by atoms with Crippen molar-refractivity contribution in [2.45, 2.75) is 26.2 Å². The predicted octanol–water partition coefficient (Wildman–Crippen LogP) is 2.59. The van der Waals surface area contributed by atoms with Gasteiger partial charge in [-0.2, -0.15) is 0 Å². The molecule has 0 aliphatic carbocycles. The van der Waals surface area contributed by atoms with Crippen LogP contribution in [0, 0.1) is 5.82 Å². The van der Waals surface area contributed by atoms with Crippen molar-refractivity contribution in [2.75, 3.05) is 6.61 Å². The Labute approximate surface area is 93.9 Å². The summed E-state index contributed by atoms with van der Waals surface area (Å²) in [7, 11) is 0. The third kappa shape index (κ3) is 3.22. The second kappa shape index (κ2) is 4.51. The molecule has 0 spiro atoms. The van der Waals surface area contributed by atoms with E-state index < -0.39 is 12.6 Å². The molecule has 0 heterocycles.